The average Bonchev–Trinajstić information content (AvgIpc) is 2.63. The standard InChI is InChI=1S/C22H21Cl2NO/c1-16(25)22(18-8-4-2-5-9-18,19-10-6-3-7-11-19)26-15-17-12-20(23)14-21(24)13-17/h2-14,16H,15,25H2,1H3. The van der Waals surface area contributed by atoms with Crippen LogP contribution in [0.5, 0.6) is 0 Å². The van der Waals surface area contributed by atoms with Gasteiger partial charge in [0.05, 0.1) is 6.61 Å². The Kier molecular flexibility index (Phi) is 6.00. The first-order chi connectivity index (χ1) is 12.5. The molecule has 0 amide bonds. The van der Waals surface area contributed by atoms with Gasteiger partial charge in [0.1, 0.15) is 5.60 Å². The molecule has 3 aromatic rings. The third-order valence-corrected chi connectivity index (χ3v) is 4.87. The van der Waals surface area contributed by atoms with Gasteiger partial charge in [-0.25, -0.2) is 0 Å². The smallest absolute Gasteiger partial charge is 0.133 e. The molecular formula is C22H21Cl2NO. The summed E-state index contributed by atoms with van der Waals surface area (Å²) < 4.78 is 6.52. The number of halogens is 2. The molecule has 0 fully saturated rings. The van der Waals surface area contributed by atoms with E-state index in [9.17, 15) is 0 Å². The lowest BCUT2D eigenvalue weighted by Gasteiger charge is -2.38. The maximum atomic E-state index is 6.52. The fraction of sp³-hybridized carbons (Fsp3) is 0.182. The monoisotopic (exact) mass is 385 g/mol. The molecular weight excluding hydrogens is 365 g/mol. The first-order valence-corrected chi connectivity index (χ1v) is 9.23. The van der Waals surface area contributed by atoms with Gasteiger partial charge in [-0.05, 0) is 41.8 Å². The minimum absolute atomic E-state index is 0.276. The second-order valence-corrected chi connectivity index (χ2v) is 7.20. The van der Waals surface area contributed by atoms with Gasteiger partial charge in [0, 0.05) is 16.1 Å². The molecule has 1 unspecified atom stereocenters. The Morgan fingerprint density at radius 3 is 1.73 bits per heavy atom. The summed E-state index contributed by atoms with van der Waals surface area (Å²) in [5.74, 6) is 0. The molecule has 0 radical (unpaired) electrons. The lowest BCUT2D eigenvalue weighted by atomic mass is 9.81. The van der Waals surface area contributed by atoms with E-state index in [-0.39, 0.29) is 6.04 Å². The quantitative estimate of drug-likeness (QED) is 0.581. The molecule has 0 bridgehead atoms. The van der Waals surface area contributed by atoms with Crippen LogP contribution in [0.1, 0.15) is 23.6 Å². The lowest BCUT2D eigenvalue weighted by Crippen LogP contribution is -2.46. The first kappa shape index (κ1) is 18.9. The van der Waals surface area contributed by atoms with E-state index >= 15 is 0 Å². The van der Waals surface area contributed by atoms with Crippen molar-refractivity contribution in [3.63, 3.8) is 0 Å². The van der Waals surface area contributed by atoms with E-state index in [0.29, 0.717) is 16.7 Å². The summed E-state index contributed by atoms with van der Waals surface area (Å²) in [5, 5.41) is 1.17. The van der Waals surface area contributed by atoms with Crippen LogP contribution in [0.2, 0.25) is 10.0 Å². The topological polar surface area (TPSA) is 35.2 Å². The molecule has 3 rings (SSSR count). The molecule has 0 aliphatic rings. The molecule has 26 heavy (non-hydrogen) atoms. The fourth-order valence-electron chi connectivity index (χ4n) is 3.25. The van der Waals surface area contributed by atoms with E-state index < -0.39 is 5.60 Å². The van der Waals surface area contributed by atoms with Crippen LogP contribution < -0.4 is 5.73 Å². The molecule has 1 atom stereocenters. The average molecular weight is 386 g/mol. The number of hydrogen-bond donors (Lipinski definition) is 1. The number of rotatable bonds is 6. The molecule has 0 aliphatic carbocycles. The van der Waals surface area contributed by atoms with Gasteiger partial charge in [0.15, 0.2) is 0 Å². The van der Waals surface area contributed by atoms with Gasteiger partial charge in [-0.1, -0.05) is 83.9 Å². The zero-order valence-electron chi connectivity index (χ0n) is 14.5. The lowest BCUT2D eigenvalue weighted by molar-refractivity contribution is -0.0450. The minimum atomic E-state index is -0.780. The van der Waals surface area contributed by atoms with E-state index in [1.165, 1.54) is 0 Å². The van der Waals surface area contributed by atoms with E-state index in [1.807, 2.05) is 79.7 Å². The van der Waals surface area contributed by atoms with Crippen LogP contribution in [-0.4, -0.2) is 6.04 Å². The summed E-state index contributed by atoms with van der Waals surface area (Å²) in [6.45, 7) is 2.30. The van der Waals surface area contributed by atoms with Crippen LogP contribution in [0.15, 0.2) is 78.9 Å². The van der Waals surface area contributed by atoms with Gasteiger partial charge in [0.25, 0.3) is 0 Å². The molecule has 2 nitrogen and oxygen atoms in total. The highest BCUT2D eigenvalue weighted by atomic mass is 35.5. The zero-order chi connectivity index (χ0) is 18.6. The normalized spacial score (nSPS) is 12.8. The van der Waals surface area contributed by atoms with Crippen molar-refractivity contribution >= 4 is 23.2 Å². The minimum Gasteiger partial charge on any atom is -0.359 e. The largest absolute Gasteiger partial charge is 0.359 e. The Balaban J connectivity index is 2.05. The highest BCUT2D eigenvalue weighted by Gasteiger charge is 2.39. The summed E-state index contributed by atoms with van der Waals surface area (Å²) >= 11 is 12.3. The van der Waals surface area contributed by atoms with Crippen LogP contribution in [0.25, 0.3) is 0 Å². The maximum Gasteiger partial charge on any atom is 0.133 e. The van der Waals surface area contributed by atoms with Crippen LogP contribution in [0, 0.1) is 0 Å². The molecule has 0 aliphatic heterocycles. The van der Waals surface area contributed by atoms with E-state index in [4.69, 9.17) is 33.7 Å². The van der Waals surface area contributed by atoms with Gasteiger partial charge in [-0.15, -0.1) is 0 Å². The van der Waals surface area contributed by atoms with Crippen molar-refractivity contribution in [2.24, 2.45) is 5.73 Å². The summed E-state index contributed by atoms with van der Waals surface area (Å²) in [7, 11) is 0. The number of benzene rings is 3. The predicted molar refractivity (Wildman–Crippen MR) is 109 cm³/mol. The van der Waals surface area contributed by atoms with Crippen molar-refractivity contribution in [3.05, 3.63) is 106 Å². The van der Waals surface area contributed by atoms with Crippen molar-refractivity contribution in [2.45, 2.75) is 25.2 Å². The maximum absolute atomic E-state index is 6.52. The Bertz CT molecular complexity index is 791. The van der Waals surface area contributed by atoms with E-state index in [2.05, 4.69) is 0 Å². The molecule has 3 aromatic carbocycles. The molecule has 134 valence electrons. The SMILES string of the molecule is CC(N)C(OCc1cc(Cl)cc(Cl)c1)(c1ccccc1)c1ccccc1. The predicted octanol–water partition coefficient (Wildman–Crippen LogP) is 5.80. The summed E-state index contributed by atoms with van der Waals surface area (Å²) in [6.07, 6.45) is 0. The third-order valence-electron chi connectivity index (χ3n) is 4.44. The van der Waals surface area contributed by atoms with Crippen LogP contribution in [-0.2, 0) is 16.9 Å². The Labute approximate surface area is 164 Å². The van der Waals surface area contributed by atoms with Crippen LogP contribution in [0.3, 0.4) is 0 Å². The van der Waals surface area contributed by atoms with Crippen molar-refractivity contribution in [3.8, 4) is 0 Å². The highest BCUT2D eigenvalue weighted by molar-refractivity contribution is 6.34. The zero-order valence-corrected chi connectivity index (χ0v) is 16.0. The van der Waals surface area contributed by atoms with Crippen molar-refractivity contribution in [1.29, 1.82) is 0 Å². The summed E-state index contributed by atoms with van der Waals surface area (Å²) in [4.78, 5) is 0. The third kappa shape index (κ3) is 3.94. The fourth-order valence-corrected chi connectivity index (χ4v) is 3.82. The Morgan fingerprint density at radius 2 is 1.31 bits per heavy atom. The molecule has 0 heterocycles. The molecule has 2 N–H and O–H groups in total. The van der Waals surface area contributed by atoms with Gasteiger partial charge in [-0.2, -0.15) is 0 Å². The second-order valence-electron chi connectivity index (χ2n) is 6.32. The first-order valence-electron chi connectivity index (χ1n) is 8.48. The molecule has 0 saturated carbocycles. The summed E-state index contributed by atoms with van der Waals surface area (Å²) in [5.41, 5.74) is 8.62. The molecule has 0 saturated heterocycles. The van der Waals surface area contributed by atoms with Gasteiger partial charge < -0.3 is 10.5 Å². The van der Waals surface area contributed by atoms with Crippen LogP contribution in [0.4, 0.5) is 0 Å². The number of nitrogens with two attached hydrogens (primary N) is 1. The van der Waals surface area contributed by atoms with Crippen molar-refractivity contribution < 1.29 is 4.74 Å². The van der Waals surface area contributed by atoms with Crippen LogP contribution >= 0.6 is 23.2 Å². The summed E-state index contributed by atoms with van der Waals surface area (Å²) in [6, 6.07) is 25.3. The van der Waals surface area contributed by atoms with Gasteiger partial charge >= 0.3 is 0 Å². The molecule has 0 aromatic heterocycles. The number of ether oxygens (including phenoxy) is 1. The Hall–Kier alpha value is -1.84. The van der Waals surface area contributed by atoms with Crippen molar-refractivity contribution in [1.82, 2.24) is 0 Å². The van der Waals surface area contributed by atoms with Gasteiger partial charge in [0.2, 0.25) is 0 Å². The molecule has 0 spiro atoms. The van der Waals surface area contributed by atoms with Gasteiger partial charge in [-0.3, -0.25) is 0 Å². The highest BCUT2D eigenvalue weighted by Crippen LogP contribution is 2.37. The Morgan fingerprint density at radius 1 is 0.846 bits per heavy atom. The number of hydrogen-bond acceptors (Lipinski definition) is 2. The van der Waals surface area contributed by atoms with E-state index in [1.54, 1.807) is 6.07 Å². The molecule has 4 heteroatoms. The second kappa shape index (κ2) is 8.24. The van der Waals surface area contributed by atoms with Crippen molar-refractivity contribution in [2.75, 3.05) is 0 Å². The van der Waals surface area contributed by atoms with E-state index in [0.717, 1.165) is 16.7 Å².